The number of amidine groups is 1. The van der Waals surface area contributed by atoms with Crippen molar-refractivity contribution in [3.63, 3.8) is 0 Å². The van der Waals surface area contributed by atoms with E-state index in [4.69, 9.17) is 25.4 Å². The molecule has 3 aliphatic heterocycles. The molecule has 3 amide bonds. The van der Waals surface area contributed by atoms with Gasteiger partial charge in [0.1, 0.15) is 11.9 Å². The number of thiophene rings is 1. The van der Waals surface area contributed by atoms with Crippen molar-refractivity contribution >= 4 is 46.3 Å². The van der Waals surface area contributed by atoms with Crippen molar-refractivity contribution in [3.8, 4) is 11.5 Å². The third-order valence-corrected chi connectivity index (χ3v) is 8.58. The maximum atomic E-state index is 13.4. The van der Waals surface area contributed by atoms with E-state index in [0.29, 0.717) is 35.8 Å². The Morgan fingerprint density at radius 3 is 2.64 bits per heavy atom. The molecule has 6 N–H and O–H groups in total. The van der Waals surface area contributed by atoms with Gasteiger partial charge in [0.15, 0.2) is 17.3 Å². The number of carbonyl (C=O) groups is 3. The van der Waals surface area contributed by atoms with E-state index in [1.807, 2.05) is 31.2 Å². The Balaban J connectivity index is 1.11. The van der Waals surface area contributed by atoms with Gasteiger partial charge >= 0.3 is 0 Å². The number of rotatable bonds is 7. The van der Waals surface area contributed by atoms with Crippen LogP contribution in [0.2, 0.25) is 0 Å². The minimum absolute atomic E-state index is 0.0481. The second-order valence-electron chi connectivity index (χ2n) is 10.3. The average molecular weight is 591 g/mol. The molecule has 2 saturated heterocycles. The molecular formula is C29H30N6O6S. The van der Waals surface area contributed by atoms with Gasteiger partial charge in [-0.2, -0.15) is 0 Å². The van der Waals surface area contributed by atoms with Crippen LogP contribution in [-0.2, 0) is 19.1 Å². The van der Waals surface area contributed by atoms with E-state index in [0.717, 1.165) is 16.3 Å². The van der Waals surface area contributed by atoms with E-state index in [-0.39, 0.29) is 37.3 Å². The molecule has 0 bridgehead atoms. The lowest BCUT2D eigenvalue weighted by molar-refractivity contribution is -0.152. The minimum atomic E-state index is -1.06. The highest BCUT2D eigenvalue weighted by Gasteiger charge is 2.52. The first-order valence-electron chi connectivity index (χ1n) is 13.5. The third-order valence-electron chi connectivity index (χ3n) is 7.46. The maximum absolute atomic E-state index is 13.4. The first kappa shape index (κ1) is 27.7. The van der Waals surface area contributed by atoms with Gasteiger partial charge in [-0.3, -0.25) is 19.8 Å². The number of benzene rings is 2. The molecule has 2 atom stereocenters. The number of fused-ring (bicyclic) bond motifs is 2. The molecule has 3 aliphatic rings. The maximum Gasteiger partial charge on any atom is 0.251 e. The van der Waals surface area contributed by atoms with Crippen LogP contribution in [0.1, 0.15) is 40.2 Å². The van der Waals surface area contributed by atoms with Gasteiger partial charge in [0.25, 0.3) is 5.91 Å². The predicted octanol–water partition coefficient (Wildman–Crippen LogP) is 2.83. The molecule has 4 heterocycles. The fourth-order valence-corrected chi connectivity index (χ4v) is 6.19. The number of ether oxygens (including phenoxy) is 3. The van der Waals surface area contributed by atoms with E-state index in [9.17, 15) is 14.4 Å². The molecule has 42 heavy (non-hydrogen) atoms. The SMILES string of the molecule is C[C@@H](NC(=O)C1CC2(CN1C(=O)CNC(=O)c1ccc3c(c1)Oc1ccccc1N3)OCCO2)c1cc(C(=N)N)cs1. The smallest absolute Gasteiger partial charge is 0.251 e. The summed E-state index contributed by atoms with van der Waals surface area (Å²) in [5.74, 6) is -1.22. The number of nitrogens with zero attached hydrogens (tertiary/aromatic N) is 1. The van der Waals surface area contributed by atoms with Gasteiger partial charge in [0, 0.05) is 27.8 Å². The van der Waals surface area contributed by atoms with Gasteiger partial charge in [0.05, 0.1) is 43.7 Å². The first-order chi connectivity index (χ1) is 20.2. The molecule has 2 aromatic carbocycles. The summed E-state index contributed by atoms with van der Waals surface area (Å²) < 4.78 is 17.6. The fourth-order valence-electron chi connectivity index (χ4n) is 5.28. The van der Waals surface area contributed by atoms with E-state index in [1.54, 1.807) is 29.6 Å². The summed E-state index contributed by atoms with van der Waals surface area (Å²) in [5.41, 5.74) is 8.04. The number of hydrogen-bond donors (Lipinski definition) is 5. The zero-order chi connectivity index (χ0) is 29.4. The Morgan fingerprint density at radius 2 is 1.88 bits per heavy atom. The molecule has 1 spiro atoms. The van der Waals surface area contributed by atoms with Gasteiger partial charge in [0.2, 0.25) is 11.8 Å². The zero-order valence-corrected chi connectivity index (χ0v) is 23.6. The van der Waals surface area contributed by atoms with Gasteiger partial charge in [-0.15, -0.1) is 11.3 Å². The van der Waals surface area contributed by atoms with E-state index < -0.39 is 23.6 Å². The Hall–Kier alpha value is -4.46. The highest BCUT2D eigenvalue weighted by molar-refractivity contribution is 7.10. The van der Waals surface area contributed by atoms with Gasteiger partial charge < -0.3 is 40.8 Å². The summed E-state index contributed by atoms with van der Waals surface area (Å²) in [6, 6.07) is 13.0. The highest BCUT2D eigenvalue weighted by atomic mass is 32.1. The number of nitrogen functional groups attached to an aromatic ring is 1. The lowest BCUT2D eigenvalue weighted by Gasteiger charge is -2.25. The number of hydrogen-bond acceptors (Lipinski definition) is 9. The number of anilines is 2. The Labute approximate surface area is 245 Å². The van der Waals surface area contributed by atoms with Crippen LogP contribution in [0.5, 0.6) is 11.5 Å². The number of nitrogens with one attached hydrogen (secondary N) is 4. The van der Waals surface area contributed by atoms with Gasteiger partial charge in [-0.05, 0) is 43.3 Å². The van der Waals surface area contributed by atoms with Crippen LogP contribution in [0.25, 0.3) is 0 Å². The predicted molar refractivity (Wildman–Crippen MR) is 155 cm³/mol. The van der Waals surface area contributed by atoms with Crippen molar-refractivity contribution in [1.29, 1.82) is 5.41 Å². The number of carbonyl (C=O) groups excluding carboxylic acids is 3. The molecule has 0 radical (unpaired) electrons. The Bertz CT molecular complexity index is 1570. The van der Waals surface area contributed by atoms with Crippen LogP contribution >= 0.6 is 11.3 Å². The van der Waals surface area contributed by atoms with Crippen molar-refractivity contribution in [3.05, 3.63) is 69.9 Å². The molecule has 1 unspecified atom stereocenters. The summed E-state index contributed by atoms with van der Waals surface area (Å²) in [7, 11) is 0. The molecular weight excluding hydrogens is 560 g/mol. The Kier molecular flexibility index (Phi) is 7.31. The molecule has 1 aromatic heterocycles. The van der Waals surface area contributed by atoms with Crippen LogP contribution in [0.4, 0.5) is 11.4 Å². The van der Waals surface area contributed by atoms with Gasteiger partial charge in [-0.1, -0.05) is 12.1 Å². The monoisotopic (exact) mass is 590 g/mol. The molecule has 12 nitrogen and oxygen atoms in total. The molecule has 0 saturated carbocycles. The Morgan fingerprint density at radius 1 is 1.12 bits per heavy atom. The second-order valence-corrected chi connectivity index (χ2v) is 11.3. The molecule has 0 aliphatic carbocycles. The summed E-state index contributed by atoms with van der Waals surface area (Å²) in [4.78, 5) is 42.0. The lowest BCUT2D eigenvalue weighted by atomic mass is 10.1. The van der Waals surface area contributed by atoms with Crippen molar-refractivity contribution in [1.82, 2.24) is 15.5 Å². The summed E-state index contributed by atoms with van der Waals surface area (Å²) in [5, 5.41) is 18.3. The van der Waals surface area contributed by atoms with Crippen LogP contribution in [0.3, 0.4) is 0 Å². The highest BCUT2D eigenvalue weighted by Crippen LogP contribution is 2.42. The molecule has 6 rings (SSSR count). The van der Waals surface area contributed by atoms with Gasteiger partial charge in [-0.25, -0.2) is 0 Å². The summed E-state index contributed by atoms with van der Waals surface area (Å²) >= 11 is 1.39. The molecule has 2 fully saturated rings. The molecule has 218 valence electrons. The van der Waals surface area contributed by atoms with Crippen molar-refractivity contribution < 1.29 is 28.6 Å². The van der Waals surface area contributed by atoms with Crippen molar-refractivity contribution in [2.45, 2.75) is 31.2 Å². The quantitative estimate of drug-likeness (QED) is 0.162. The van der Waals surface area contributed by atoms with Crippen molar-refractivity contribution in [2.24, 2.45) is 5.73 Å². The third kappa shape index (κ3) is 5.41. The van der Waals surface area contributed by atoms with E-state index >= 15 is 0 Å². The van der Waals surface area contributed by atoms with E-state index in [2.05, 4.69) is 16.0 Å². The van der Waals surface area contributed by atoms with Crippen LogP contribution in [-0.4, -0.2) is 66.6 Å². The number of likely N-dealkylation sites (tertiary alicyclic amines) is 1. The number of amides is 3. The average Bonchev–Trinajstić information content (AvgIpc) is 3.75. The fraction of sp³-hybridized carbons (Fsp3) is 0.310. The number of nitrogens with two attached hydrogens (primary N) is 1. The summed E-state index contributed by atoms with van der Waals surface area (Å²) in [6.07, 6.45) is 0.172. The largest absolute Gasteiger partial charge is 0.453 e. The zero-order valence-electron chi connectivity index (χ0n) is 22.8. The number of para-hydroxylation sites is 2. The lowest BCUT2D eigenvalue weighted by Crippen LogP contribution is -2.49. The standard InChI is InChI=1S/C29H30N6O6S/c1-16(24-11-18(14-42-24)26(30)31)33-28(38)21-12-29(39-8-9-40-29)15-35(21)25(36)13-32-27(37)17-6-7-20-23(10-17)41-22-5-3-2-4-19(22)34-20/h2-7,10-11,14,16,21,34H,8-9,12-13,15H2,1H3,(H3,30,31)(H,32,37)(H,33,38)/t16-,21?/m1/s1. The normalized spacial score (nSPS) is 18.8. The van der Waals surface area contributed by atoms with Crippen LogP contribution < -0.4 is 26.4 Å². The van der Waals surface area contributed by atoms with E-state index in [1.165, 1.54) is 16.2 Å². The molecule has 13 heteroatoms. The topological polar surface area (TPSA) is 168 Å². The minimum Gasteiger partial charge on any atom is -0.453 e. The van der Waals surface area contributed by atoms with Crippen molar-refractivity contribution in [2.75, 3.05) is 31.6 Å². The van der Waals surface area contributed by atoms with Crippen LogP contribution in [0, 0.1) is 5.41 Å². The molecule has 3 aromatic rings. The van der Waals surface area contributed by atoms with Crippen LogP contribution in [0.15, 0.2) is 53.9 Å². The summed E-state index contributed by atoms with van der Waals surface area (Å²) in [6.45, 7) is 2.31. The second kappa shape index (κ2) is 11.1. The first-order valence-corrected chi connectivity index (χ1v) is 14.4.